The van der Waals surface area contributed by atoms with Crippen molar-refractivity contribution in [3.63, 3.8) is 0 Å². The van der Waals surface area contributed by atoms with Crippen molar-refractivity contribution >= 4 is 17.7 Å². The zero-order valence-corrected chi connectivity index (χ0v) is 14.4. The fraction of sp³-hybridized carbons (Fsp3) is 0.316. The van der Waals surface area contributed by atoms with Gasteiger partial charge in [0.2, 0.25) is 0 Å². The zero-order valence-electron chi connectivity index (χ0n) is 13.6. The van der Waals surface area contributed by atoms with Crippen LogP contribution in [0, 0.1) is 6.92 Å². The number of aryl methyl sites for hydroxylation is 1. The second kappa shape index (κ2) is 9.26. The predicted molar refractivity (Wildman–Crippen MR) is 96.9 cm³/mol. The summed E-state index contributed by atoms with van der Waals surface area (Å²) in [6, 6.07) is 17.8. The molecular formula is C19H23NO2S. The molecule has 0 bridgehead atoms. The van der Waals surface area contributed by atoms with Gasteiger partial charge in [-0.2, -0.15) is 11.8 Å². The zero-order chi connectivity index (χ0) is 16.5. The number of hydrogen-bond donors (Lipinski definition) is 1. The van der Waals surface area contributed by atoms with Crippen LogP contribution in [0.2, 0.25) is 0 Å². The summed E-state index contributed by atoms with van der Waals surface area (Å²) in [5, 5.41) is 2.92. The highest BCUT2D eigenvalue weighted by atomic mass is 32.2. The molecule has 2 rings (SSSR count). The second-order valence-corrected chi connectivity index (χ2v) is 6.45. The van der Waals surface area contributed by atoms with E-state index >= 15 is 0 Å². The number of ether oxygens (including phenoxy) is 1. The lowest BCUT2D eigenvalue weighted by Gasteiger charge is -2.14. The van der Waals surface area contributed by atoms with Crippen LogP contribution < -0.4 is 10.1 Å². The third-order valence-electron chi connectivity index (χ3n) is 3.49. The molecule has 0 saturated carbocycles. The van der Waals surface area contributed by atoms with E-state index in [-0.39, 0.29) is 5.91 Å². The number of amides is 1. The SMILES string of the molecule is Cc1ccccc1CSCCNC(=O)[C@H](C)Oc1ccccc1. The van der Waals surface area contributed by atoms with Crippen molar-refractivity contribution in [1.82, 2.24) is 5.32 Å². The number of nitrogens with one attached hydrogen (secondary N) is 1. The molecule has 1 atom stereocenters. The van der Waals surface area contributed by atoms with Crippen molar-refractivity contribution in [2.45, 2.75) is 25.7 Å². The van der Waals surface area contributed by atoms with E-state index in [9.17, 15) is 4.79 Å². The van der Waals surface area contributed by atoms with E-state index in [0.29, 0.717) is 12.3 Å². The van der Waals surface area contributed by atoms with Gasteiger partial charge in [0.25, 0.3) is 5.91 Å². The summed E-state index contributed by atoms with van der Waals surface area (Å²) >= 11 is 1.82. The molecule has 23 heavy (non-hydrogen) atoms. The van der Waals surface area contributed by atoms with Crippen LogP contribution in [0.4, 0.5) is 0 Å². The van der Waals surface area contributed by atoms with Crippen LogP contribution in [0.25, 0.3) is 0 Å². The summed E-state index contributed by atoms with van der Waals surface area (Å²) in [6.07, 6.45) is -0.487. The van der Waals surface area contributed by atoms with Gasteiger partial charge in [-0.3, -0.25) is 4.79 Å². The molecule has 1 N–H and O–H groups in total. The average Bonchev–Trinajstić information content (AvgIpc) is 2.57. The number of carbonyl (C=O) groups is 1. The van der Waals surface area contributed by atoms with Gasteiger partial charge in [-0.1, -0.05) is 42.5 Å². The Bertz CT molecular complexity index is 616. The maximum atomic E-state index is 12.0. The molecule has 0 saturated heterocycles. The van der Waals surface area contributed by atoms with E-state index < -0.39 is 6.10 Å². The molecule has 1 amide bonds. The molecular weight excluding hydrogens is 306 g/mol. The minimum atomic E-state index is -0.487. The van der Waals surface area contributed by atoms with Crippen LogP contribution in [0.15, 0.2) is 54.6 Å². The monoisotopic (exact) mass is 329 g/mol. The van der Waals surface area contributed by atoms with Crippen LogP contribution in [-0.2, 0) is 10.5 Å². The van der Waals surface area contributed by atoms with Crippen molar-refractivity contribution in [2.75, 3.05) is 12.3 Å². The Morgan fingerprint density at radius 2 is 1.83 bits per heavy atom. The standard InChI is InChI=1S/C19H23NO2S/c1-15-8-6-7-9-17(15)14-23-13-12-20-19(21)16(2)22-18-10-4-3-5-11-18/h3-11,16H,12-14H2,1-2H3,(H,20,21)/t16-/m0/s1. The largest absolute Gasteiger partial charge is 0.481 e. The number of benzene rings is 2. The summed E-state index contributed by atoms with van der Waals surface area (Å²) in [7, 11) is 0. The van der Waals surface area contributed by atoms with Gasteiger partial charge in [0, 0.05) is 18.1 Å². The van der Waals surface area contributed by atoms with Crippen LogP contribution in [0.5, 0.6) is 5.75 Å². The minimum absolute atomic E-state index is 0.0784. The number of thioether (sulfide) groups is 1. The van der Waals surface area contributed by atoms with E-state index in [0.717, 1.165) is 11.5 Å². The summed E-state index contributed by atoms with van der Waals surface area (Å²) < 4.78 is 5.60. The molecule has 0 spiro atoms. The molecule has 0 aromatic heterocycles. The molecule has 122 valence electrons. The van der Waals surface area contributed by atoms with E-state index in [1.165, 1.54) is 11.1 Å². The summed E-state index contributed by atoms with van der Waals surface area (Å²) in [5.74, 6) is 2.49. The Hall–Kier alpha value is -1.94. The van der Waals surface area contributed by atoms with Crippen molar-refractivity contribution in [3.05, 3.63) is 65.7 Å². The maximum Gasteiger partial charge on any atom is 0.260 e. The van der Waals surface area contributed by atoms with Gasteiger partial charge in [-0.25, -0.2) is 0 Å². The fourth-order valence-corrected chi connectivity index (χ4v) is 3.04. The molecule has 4 heteroatoms. The second-order valence-electron chi connectivity index (χ2n) is 5.34. The number of hydrogen-bond acceptors (Lipinski definition) is 3. The topological polar surface area (TPSA) is 38.3 Å². The molecule has 0 aliphatic carbocycles. The molecule has 0 radical (unpaired) electrons. The third kappa shape index (κ3) is 5.99. The molecule has 0 aliphatic rings. The summed E-state index contributed by atoms with van der Waals surface area (Å²) in [4.78, 5) is 12.0. The Labute approximate surface area is 142 Å². The van der Waals surface area contributed by atoms with Gasteiger partial charge in [0.1, 0.15) is 5.75 Å². The van der Waals surface area contributed by atoms with Gasteiger partial charge >= 0.3 is 0 Å². The lowest BCUT2D eigenvalue weighted by atomic mass is 10.1. The van der Waals surface area contributed by atoms with Crippen molar-refractivity contribution < 1.29 is 9.53 Å². The Kier molecular flexibility index (Phi) is 7.01. The maximum absolute atomic E-state index is 12.0. The van der Waals surface area contributed by atoms with Crippen LogP contribution in [0.3, 0.4) is 0 Å². The van der Waals surface area contributed by atoms with E-state index in [1.807, 2.05) is 42.1 Å². The molecule has 2 aromatic carbocycles. The van der Waals surface area contributed by atoms with Gasteiger partial charge in [-0.15, -0.1) is 0 Å². The lowest BCUT2D eigenvalue weighted by molar-refractivity contribution is -0.127. The Balaban J connectivity index is 1.64. The molecule has 3 nitrogen and oxygen atoms in total. The average molecular weight is 329 g/mol. The summed E-state index contributed by atoms with van der Waals surface area (Å²) in [6.45, 7) is 4.54. The first-order valence-corrected chi connectivity index (χ1v) is 8.94. The van der Waals surface area contributed by atoms with Crippen LogP contribution in [-0.4, -0.2) is 24.3 Å². The van der Waals surface area contributed by atoms with Crippen molar-refractivity contribution in [3.8, 4) is 5.75 Å². The Morgan fingerprint density at radius 1 is 1.13 bits per heavy atom. The lowest BCUT2D eigenvalue weighted by Crippen LogP contribution is -2.37. The highest BCUT2D eigenvalue weighted by Gasteiger charge is 2.13. The molecule has 0 unspecified atom stereocenters. The van der Waals surface area contributed by atoms with Gasteiger partial charge in [0.05, 0.1) is 0 Å². The molecule has 0 heterocycles. The van der Waals surface area contributed by atoms with Gasteiger partial charge < -0.3 is 10.1 Å². The highest BCUT2D eigenvalue weighted by molar-refractivity contribution is 7.98. The first-order chi connectivity index (χ1) is 11.2. The van der Waals surface area contributed by atoms with Crippen molar-refractivity contribution in [1.29, 1.82) is 0 Å². The number of rotatable bonds is 8. The molecule has 0 fully saturated rings. The smallest absolute Gasteiger partial charge is 0.260 e. The molecule has 0 aliphatic heterocycles. The van der Waals surface area contributed by atoms with Crippen LogP contribution in [0.1, 0.15) is 18.1 Å². The predicted octanol–water partition coefficient (Wildman–Crippen LogP) is 3.81. The number of para-hydroxylation sites is 1. The normalized spacial score (nSPS) is 11.7. The first-order valence-electron chi connectivity index (χ1n) is 7.78. The summed E-state index contributed by atoms with van der Waals surface area (Å²) in [5.41, 5.74) is 2.67. The highest BCUT2D eigenvalue weighted by Crippen LogP contribution is 2.15. The first kappa shape index (κ1) is 17.4. The number of carbonyl (C=O) groups excluding carboxylic acids is 1. The van der Waals surface area contributed by atoms with E-state index in [4.69, 9.17) is 4.74 Å². The minimum Gasteiger partial charge on any atom is -0.481 e. The Morgan fingerprint density at radius 3 is 2.57 bits per heavy atom. The fourth-order valence-electron chi connectivity index (χ4n) is 2.10. The van der Waals surface area contributed by atoms with Gasteiger partial charge in [-0.05, 0) is 37.1 Å². The molecule has 2 aromatic rings. The van der Waals surface area contributed by atoms with E-state index in [2.05, 4.69) is 36.5 Å². The van der Waals surface area contributed by atoms with Gasteiger partial charge in [0.15, 0.2) is 6.10 Å². The van der Waals surface area contributed by atoms with E-state index in [1.54, 1.807) is 6.92 Å². The van der Waals surface area contributed by atoms with Crippen molar-refractivity contribution in [2.24, 2.45) is 0 Å². The third-order valence-corrected chi connectivity index (χ3v) is 4.50. The van der Waals surface area contributed by atoms with Crippen LogP contribution >= 0.6 is 11.8 Å². The quantitative estimate of drug-likeness (QED) is 0.748.